The van der Waals surface area contributed by atoms with E-state index in [1.165, 1.54) is 5.69 Å². The lowest BCUT2D eigenvalue weighted by atomic mass is 9.86. The minimum absolute atomic E-state index is 0.0238. The van der Waals surface area contributed by atoms with Gasteiger partial charge >= 0.3 is 5.97 Å². The third-order valence-corrected chi connectivity index (χ3v) is 3.71. The molecule has 1 aromatic rings. The lowest BCUT2D eigenvalue weighted by Gasteiger charge is -2.28. The Morgan fingerprint density at radius 2 is 2.06 bits per heavy atom. The van der Waals surface area contributed by atoms with Crippen molar-refractivity contribution < 1.29 is 9.53 Å². The van der Waals surface area contributed by atoms with Gasteiger partial charge in [-0.3, -0.25) is 9.48 Å². The number of hydrogen-bond donors (Lipinski definition) is 0. The summed E-state index contributed by atoms with van der Waals surface area (Å²) in [6, 6.07) is 2.56. The van der Waals surface area contributed by atoms with Crippen LogP contribution in [0.5, 0.6) is 0 Å². The van der Waals surface area contributed by atoms with Crippen LogP contribution in [0.3, 0.4) is 0 Å². The predicted octanol–water partition coefficient (Wildman–Crippen LogP) is 2.79. The van der Waals surface area contributed by atoms with Gasteiger partial charge in [0.2, 0.25) is 0 Å². The molecule has 0 spiro atoms. The number of aryl methyl sites for hydroxylation is 2. The summed E-state index contributed by atoms with van der Waals surface area (Å²) in [6.45, 7) is 6.46. The van der Waals surface area contributed by atoms with Crippen LogP contribution in [0.1, 0.15) is 50.0 Å². The maximum absolute atomic E-state index is 11.7. The van der Waals surface area contributed by atoms with Gasteiger partial charge in [-0.2, -0.15) is 5.10 Å². The van der Waals surface area contributed by atoms with Gasteiger partial charge in [-0.15, -0.1) is 0 Å². The van der Waals surface area contributed by atoms with E-state index in [9.17, 15) is 4.79 Å². The highest BCUT2D eigenvalue weighted by atomic mass is 16.5. The third kappa shape index (κ3) is 2.74. The van der Waals surface area contributed by atoms with E-state index in [1.807, 2.05) is 13.8 Å². The SMILES string of the molecule is CCOC(=O)C1CCC(n2nc(C)cc2C)CC1. The first-order valence-electron chi connectivity index (χ1n) is 6.81. The fourth-order valence-corrected chi connectivity index (χ4v) is 2.83. The first kappa shape index (κ1) is 13.1. The Labute approximate surface area is 108 Å². The molecule has 100 valence electrons. The number of aromatic nitrogens is 2. The van der Waals surface area contributed by atoms with Gasteiger partial charge in [0.15, 0.2) is 0 Å². The van der Waals surface area contributed by atoms with E-state index in [-0.39, 0.29) is 11.9 Å². The van der Waals surface area contributed by atoms with Crippen LogP contribution in [0.15, 0.2) is 6.07 Å². The number of hydrogen-bond acceptors (Lipinski definition) is 3. The normalized spacial score (nSPS) is 23.9. The van der Waals surface area contributed by atoms with Crippen molar-refractivity contribution in [3.63, 3.8) is 0 Å². The van der Waals surface area contributed by atoms with Gasteiger partial charge < -0.3 is 4.74 Å². The molecule has 0 unspecified atom stereocenters. The van der Waals surface area contributed by atoms with Crippen LogP contribution in [0, 0.1) is 19.8 Å². The molecule has 0 aromatic carbocycles. The lowest BCUT2D eigenvalue weighted by molar-refractivity contribution is -0.149. The minimum atomic E-state index is -0.0238. The molecule has 4 heteroatoms. The second-order valence-electron chi connectivity index (χ2n) is 5.13. The Hall–Kier alpha value is -1.32. The van der Waals surface area contributed by atoms with Crippen LogP contribution in [0.4, 0.5) is 0 Å². The van der Waals surface area contributed by atoms with Crippen LogP contribution in [0.25, 0.3) is 0 Å². The molecule has 1 aliphatic carbocycles. The quantitative estimate of drug-likeness (QED) is 0.775. The Kier molecular flexibility index (Phi) is 4.04. The molecule has 0 atom stereocenters. The average molecular weight is 250 g/mol. The molecule has 4 nitrogen and oxygen atoms in total. The molecule has 1 aliphatic rings. The molecule has 1 heterocycles. The molecule has 0 N–H and O–H groups in total. The summed E-state index contributed by atoms with van der Waals surface area (Å²) in [5.74, 6) is 0.0717. The minimum Gasteiger partial charge on any atom is -0.466 e. The van der Waals surface area contributed by atoms with E-state index in [2.05, 4.69) is 22.8 Å². The zero-order valence-electron chi connectivity index (χ0n) is 11.5. The summed E-state index contributed by atoms with van der Waals surface area (Å²) < 4.78 is 7.21. The van der Waals surface area contributed by atoms with Crippen LogP contribution in [-0.4, -0.2) is 22.4 Å². The molecule has 0 radical (unpaired) electrons. The molecule has 1 fully saturated rings. The summed E-state index contributed by atoms with van der Waals surface area (Å²) in [7, 11) is 0. The van der Waals surface area contributed by atoms with Crippen LogP contribution in [-0.2, 0) is 9.53 Å². The van der Waals surface area contributed by atoms with Gasteiger partial charge in [-0.05, 0) is 52.5 Å². The molecular formula is C14H22N2O2. The van der Waals surface area contributed by atoms with Crippen molar-refractivity contribution in [3.8, 4) is 0 Å². The van der Waals surface area contributed by atoms with Crippen molar-refractivity contribution in [3.05, 3.63) is 17.5 Å². The Morgan fingerprint density at radius 3 is 2.56 bits per heavy atom. The fraction of sp³-hybridized carbons (Fsp3) is 0.714. The Balaban J connectivity index is 1.94. The summed E-state index contributed by atoms with van der Waals surface area (Å²) >= 11 is 0. The molecule has 0 bridgehead atoms. The van der Waals surface area contributed by atoms with Crippen LogP contribution < -0.4 is 0 Å². The number of nitrogens with zero attached hydrogens (tertiary/aromatic N) is 2. The van der Waals surface area contributed by atoms with E-state index < -0.39 is 0 Å². The molecule has 2 rings (SSSR count). The van der Waals surface area contributed by atoms with Crippen molar-refractivity contribution in [2.24, 2.45) is 5.92 Å². The Morgan fingerprint density at radius 1 is 1.39 bits per heavy atom. The van der Waals surface area contributed by atoms with Gasteiger partial charge in [-0.1, -0.05) is 0 Å². The molecule has 0 aliphatic heterocycles. The van der Waals surface area contributed by atoms with E-state index in [0.717, 1.165) is 31.4 Å². The highest BCUT2D eigenvalue weighted by Crippen LogP contribution is 2.33. The maximum atomic E-state index is 11.7. The fourth-order valence-electron chi connectivity index (χ4n) is 2.83. The average Bonchev–Trinajstić information content (AvgIpc) is 2.69. The number of ether oxygens (including phenoxy) is 1. The second kappa shape index (κ2) is 5.55. The van der Waals surface area contributed by atoms with Crippen molar-refractivity contribution in [2.75, 3.05) is 6.61 Å². The smallest absolute Gasteiger partial charge is 0.308 e. The molecule has 18 heavy (non-hydrogen) atoms. The zero-order valence-corrected chi connectivity index (χ0v) is 11.5. The van der Waals surface area contributed by atoms with Crippen molar-refractivity contribution in [1.82, 2.24) is 9.78 Å². The molecule has 0 saturated heterocycles. The number of esters is 1. The Bertz CT molecular complexity index is 417. The topological polar surface area (TPSA) is 44.1 Å². The third-order valence-electron chi connectivity index (χ3n) is 3.71. The summed E-state index contributed by atoms with van der Waals surface area (Å²) in [5, 5.41) is 4.54. The van der Waals surface area contributed by atoms with E-state index in [4.69, 9.17) is 4.74 Å². The first-order valence-corrected chi connectivity index (χ1v) is 6.81. The largest absolute Gasteiger partial charge is 0.466 e. The van der Waals surface area contributed by atoms with Gasteiger partial charge in [0.25, 0.3) is 0 Å². The van der Waals surface area contributed by atoms with Crippen LogP contribution in [0.2, 0.25) is 0 Å². The van der Waals surface area contributed by atoms with Gasteiger partial charge in [0.05, 0.1) is 24.3 Å². The number of carbonyl (C=O) groups is 1. The van der Waals surface area contributed by atoms with Gasteiger partial charge in [0.1, 0.15) is 0 Å². The van der Waals surface area contributed by atoms with E-state index in [0.29, 0.717) is 12.6 Å². The number of rotatable bonds is 3. The summed E-state index contributed by atoms with van der Waals surface area (Å²) in [6.07, 6.45) is 3.88. The van der Waals surface area contributed by atoms with Gasteiger partial charge in [0, 0.05) is 5.69 Å². The van der Waals surface area contributed by atoms with E-state index in [1.54, 1.807) is 0 Å². The summed E-state index contributed by atoms with van der Waals surface area (Å²) in [4.78, 5) is 11.7. The lowest BCUT2D eigenvalue weighted by Crippen LogP contribution is -2.26. The van der Waals surface area contributed by atoms with Crippen molar-refractivity contribution in [2.45, 2.75) is 52.5 Å². The predicted molar refractivity (Wildman–Crippen MR) is 69.3 cm³/mol. The highest BCUT2D eigenvalue weighted by Gasteiger charge is 2.28. The molecular weight excluding hydrogens is 228 g/mol. The number of carbonyl (C=O) groups excluding carboxylic acids is 1. The standard InChI is InChI=1S/C14H22N2O2/c1-4-18-14(17)12-5-7-13(8-6-12)16-11(3)9-10(2)15-16/h9,12-13H,4-8H2,1-3H3. The van der Waals surface area contributed by atoms with Crippen molar-refractivity contribution >= 4 is 5.97 Å². The zero-order chi connectivity index (χ0) is 13.1. The summed E-state index contributed by atoms with van der Waals surface area (Å²) in [5.41, 5.74) is 2.28. The first-order chi connectivity index (χ1) is 8.61. The molecule has 1 saturated carbocycles. The molecule has 0 amide bonds. The van der Waals surface area contributed by atoms with Crippen LogP contribution >= 0.6 is 0 Å². The van der Waals surface area contributed by atoms with E-state index >= 15 is 0 Å². The molecule has 1 aromatic heterocycles. The highest BCUT2D eigenvalue weighted by molar-refractivity contribution is 5.72. The van der Waals surface area contributed by atoms with Gasteiger partial charge in [-0.25, -0.2) is 0 Å². The monoisotopic (exact) mass is 250 g/mol. The maximum Gasteiger partial charge on any atom is 0.308 e. The second-order valence-corrected chi connectivity index (χ2v) is 5.13. The van der Waals surface area contributed by atoms with Crippen molar-refractivity contribution in [1.29, 1.82) is 0 Å².